The molecule has 1 atom stereocenters. The molecule has 1 unspecified atom stereocenters. The Morgan fingerprint density at radius 3 is 2.42 bits per heavy atom. The first-order chi connectivity index (χ1) is 8.47. The molecule has 1 amide bonds. The minimum atomic E-state index is -3.33. The summed E-state index contributed by atoms with van der Waals surface area (Å²) in [7, 11) is -3.33. The number of nitrogens with two attached hydrogens (primary N) is 1. The second kappa shape index (κ2) is 8.14. The molecule has 0 heterocycles. The third-order valence-electron chi connectivity index (χ3n) is 2.57. The van der Waals surface area contributed by atoms with Crippen molar-refractivity contribution in [2.24, 2.45) is 11.7 Å². The molecular weight excluding hydrogens is 288 g/mol. The third kappa shape index (κ3) is 5.59. The topological polar surface area (TPSA) is 89.3 Å². The van der Waals surface area contributed by atoms with Gasteiger partial charge in [-0.15, -0.1) is 12.4 Å². The van der Waals surface area contributed by atoms with Crippen molar-refractivity contribution in [2.75, 3.05) is 18.8 Å². The number of halogens is 1. The zero-order valence-corrected chi connectivity index (χ0v) is 12.3. The predicted molar refractivity (Wildman–Crippen MR) is 77.0 cm³/mol. The standard InChI is InChI=1S/C12H18N2O3S.ClH/c1-10(9-13)12(15)14-7-8-18(16,17)11-5-3-2-4-6-11;/h2-6,10H,7-9,13H2,1H3,(H,14,15);1H. The van der Waals surface area contributed by atoms with Gasteiger partial charge in [0.25, 0.3) is 0 Å². The Morgan fingerprint density at radius 2 is 1.89 bits per heavy atom. The first kappa shape index (κ1) is 17.9. The Hall–Kier alpha value is -1.11. The molecule has 0 saturated heterocycles. The van der Waals surface area contributed by atoms with Crippen molar-refractivity contribution in [1.82, 2.24) is 5.32 Å². The van der Waals surface area contributed by atoms with Gasteiger partial charge in [0.15, 0.2) is 9.84 Å². The van der Waals surface area contributed by atoms with Crippen molar-refractivity contribution in [3.05, 3.63) is 30.3 Å². The molecule has 1 rings (SSSR count). The van der Waals surface area contributed by atoms with Crippen LogP contribution in [-0.2, 0) is 14.6 Å². The summed E-state index contributed by atoms with van der Waals surface area (Å²) in [4.78, 5) is 11.7. The van der Waals surface area contributed by atoms with E-state index >= 15 is 0 Å². The summed E-state index contributed by atoms with van der Waals surface area (Å²) < 4.78 is 23.8. The molecule has 108 valence electrons. The minimum absolute atomic E-state index is 0. The van der Waals surface area contributed by atoms with Crippen LogP contribution in [0, 0.1) is 5.92 Å². The van der Waals surface area contributed by atoms with E-state index in [0.29, 0.717) is 0 Å². The number of sulfone groups is 1. The summed E-state index contributed by atoms with van der Waals surface area (Å²) in [6.45, 7) is 2.04. The van der Waals surface area contributed by atoms with Crippen LogP contribution >= 0.6 is 12.4 Å². The highest BCUT2D eigenvalue weighted by Gasteiger charge is 2.15. The Labute approximate surface area is 119 Å². The van der Waals surface area contributed by atoms with E-state index in [1.165, 1.54) is 0 Å². The van der Waals surface area contributed by atoms with Gasteiger partial charge >= 0.3 is 0 Å². The molecule has 0 radical (unpaired) electrons. The summed E-state index contributed by atoms with van der Waals surface area (Å²) in [6, 6.07) is 8.17. The van der Waals surface area contributed by atoms with Crippen molar-refractivity contribution in [3.63, 3.8) is 0 Å². The van der Waals surface area contributed by atoms with Gasteiger partial charge in [-0.2, -0.15) is 0 Å². The van der Waals surface area contributed by atoms with E-state index in [1.807, 2.05) is 0 Å². The van der Waals surface area contributed by atoms with Gasteiger partial charge in [0, 0.05) is 19.0 Å². The molecule has 7 heteroatoms. The molecule has 0 spiro atoms. The van der Waals surface area contributed by atoms with Crippen LogP contribution in [0.1, 0.15) is 6.92 Å². The first-order valence-electron chi connectivity index (χ1n) is 5.73. The van der Waals surface area contributed by atoms with E-state index in [9.17, 15) is 13.2 Å². The highest BCUT2D eigenvalue weighted by Crippen LogP contribution is 2.09. The first-order valence-corrected chi connectivity index (χ1v) is 7.38. The van der Waals surface area contributed by atoms with Gasteiger partial charge in [-0.25, -0.2) is 8.42 Å². The van der Waals surface area contributed by atoms with Gasteiger partial charge < -0.3 is 11.1 Å². The molecule has 0 saturated carbocycles. The molecule has 0 bridgehead atoms. The summed E-state index contributed by atoms with van der Waals surface area (Å²) in [6.07, 6.45) is 0. The van der Waals surface area contributed by atoms with Crippen molar-refractivity contribution in [3.8, 4) is 0 Å². The Balaban J connectivity index is 0.00000324. The van der Waals surface area contributed by atoms with Gasteiger partial charge in [0.1, 0.15) is 0 Å². The van der Waals surface area contributed by atoms with Crippen LogP contribution in [0.25, 0.3) is 0 Å². The average molecular weight is 307 g/mol. The summed E-state index contributed by atoms with van der Waals surface area (Å²) in [5.41, 5.74) is 5.34. The number of benzene rings is 1. The normalized spacial score (nSPS) is 12.3. The van der Waals surface area contributed by atoms with Crippen LogP contribution in [0.3, 0.4) is 0 Å². The van der Waals surface area contributed by atoms with E-state index in [-0.39, 0.29) is 48.0 Å². The Kier molecular flexibility index (Phi) is 7.66. The fourth-order valence-electron chi connectivity index (χ4n) is 1.34. The van der Waals surface area contributed by atoms with E-state index in [2.05, 4.69) is 5.32 Å². The fraction of sp³-hybridized carbons (Fsp3) is 0.417. The maximum absolute atomic E-state index is 11.9. The van der Waals surface area contributed by atoms with Crippen LogP contribution in [0.5, 0.6) is 0 Å². The molecular formula is C12H19ClN2O3S. The van der Waals surface area contributed by atoms with Crippen molar-refractivity contribution in [2.45, 2.75) is 11.8 Å². The lowest BCUT2D eigenvalue weighted by Gasteiger charge is -2.10. The summed E-state index contributed by atoms with van der Waals surface area (Å²) in [5, 5.41) is 2.56. The van der Waals surface area contributed by atoms with E-state index in [4.69, 9.17) is 5.73 Å². The van der Waals surface area contributed by atoms with E-state index in [0.717, 1.165) is 0 Å². The molecule has 1 aromatic rings. The smallest absolute Gasteiger partial charge is 0.224 e. The van der Waals surface area contributed by atoms with E-state index < -0.39 is 9.84 Å². The Bertz CT molecular complexity index is 491. The molecule has 0 fully saturated rings. The SMILES string of the molecule is CC(CN)C(=O)NCCS(=O)(=O)c1ccccc1.Cl. The molecule has 0 aliphatic rings. The summed E-state index contributed by atoms with van der Waals surface area (Å²) in [5.74, 6) is -0.634. The maximum Gasteiger partial charge on any atom is 0.224 e. The number of hydrogen-bond acceptors (Lipinski definition) is 4. The molecule has 0 aliphatic carbocycles. The zero-order valence-electron chi connectivity index (χ0n) is 10.7. The van der Waals surface area contributed by atoms with Gasteiger partial charge in [0.2, 0.25) is 5.91 Å². The quantitative estimate of drug-likeness (QED) is 0.805. The van der Waals surface area contributed by atoms with E-state index in [1.54, 1.807) is 37.3 Å². The molecule has 5 nitrogen and oxygen atoms in total. The van der Waals surface area contributed by atoms with Crippen LogP contribution in [0.15, 0.2) is 35.2 Å². The highest BCUT2D eigenvalue weighted by atomic mass is 35.5. The molecule has 0 aliphatic heterocycles. The second-order valence-corrected chi connectivity index (χ2v) is 6.17. The third-order valence-corrected chi connectivity index (χ3v) is 4.31. The Morgan fingerprint density at radius 1 is 1.32 bits per heavy atom. The number of hydrogen-bond donors (Lipinski definition) is 2. The van der Waals surface area contributed by atoms with Crippen LogP contribution in [0.4, 0.5) is 0 Å². The second-order valence-electron chi connectivity index (χ2n) is 4.06. The highest BCUT2D eigenvalue weighted by molar-refractivity contribution is 7.91. The van der Waals surface area contributed by atoms with Crippen LogP contribution in [-0.4, -0.2) is 33.2 Å². The van der Waals surface area contributed by atoms with Crippen molar-refractivity contribution >= 4 is 28.2 Å². The number of nitrogens with one attached hydrogen (secondary N) is 1. The average Bonchev–Trinajstić information content (AvgIpc) is 2.38. The van der Waals surface area contributed by atoms with Crippen LogP contribution in [0.2, 0.25) is 0 Å². The minimum Gasteiger partial charge on any atom is -0.355 e. The lowest BCUT2D eigenvalue weighted by molar-refractivity contribution is -0.124. The molecule has 1 aromatic carbocycles. The molecule has 19 heavy (non-hydrogen) atoms. The molecule has 0 aromatic heterocycles. The van der Waals surface area contributed by atoms with Crippen LogP contribution < -0.4 is 11.1 Å². The number of amides is 1. The number of carbonyl (C=O) groups excluding carboxylic acids is 1. The van der Waals surface area contributed by atoms with Crippen molar-refractivity contribution in [1.29, 1.82) is 0 Å². The monoisotopic (exact) mass is 306 g/mol. The molecule has 3 N–H and O–H groups in total. The van der Waals surface area contributed by atoms with Crippen molar-refractivity contribution < 1.29 is 13.2 Å². The van der Waals surface area contributed by atoms with Gasteiger partial charge in [-0.05, 0) is 12.1 Å². The predicted octanol–water partition coefficient (Wildman–Crippen LogP) is 0.593. The summed E-state index contributed by atoms with van der Waals surface area (Å²) >= 11 is 0. The lowest BCUT2D eigenvalue weighted by Crippen LogP contribution is -2.36. The van der Waals surface area contributed by atoms with Gasteiger partial charge in [0.05, 0.1) is 10.6 Å². The van der Waals surface area contributed by atoms with Gasteiger partial charge in [-0.3, -0.25) is 4.79 Å². The fourth-order valence-corrected chi connectivity index (χ4v) is 2.51. The van der Waals surface area contributed by atoms with Gasteiger partial charge in [-0.1, -0.05) is 25.1 Å². The maximum atomic E-state index is 11.9. The number of rotatable bonds is 6. The lowest BCUT2D eigenvalue weighted by atomic mass is 10.2. The zero-order chi connectivity index (χ0) is 13.6. The number of carbonyl (C=O) groups is 1. The largest absolute Gasteiger partial charge is 0.355 e.